The highest BCUT2D eigenvalue weighted by atomic mass is 35.5. The molecular weight excluding hydrogens is 224 g/mol. The molecule has 0 radical (unpaired) electrons. The summed E-state index contributed by atoms with van der Waals surface area (Å²) in [6.07, 6.45) is 0. The van der Waals surface area contributed by atoms with E-state index in [4.69, 9.17) is 27.8 Å². The van der Waals surface area contributed by atoms with Crippen molar-refractivity contribution in [3.8, 4) is 11.5 Å². The van der Waals surface area contributed by atoms with Crippen molar-refractivity contribution in [2.75, 3.05) is 11.5 Å². The minimum absolute atomic E-state index is 0.337. The minimum atomic E-state index is 0.337. The van der Waals surface area contributed by atoms with Crippen LogP contribution in [0.1, 0.15) is 0 Å². The van der Waals surface area contributed by atoms with Gasteiger partial charge in [0.15, 0.2) is 0 Å². The predicted molar refractivity (Wildman–Crippen MR) is 66.8 cm³/mol. The molecule has 0 aliphatic rings. The Bertz CT molecular complexity index is 500. The molecular formula is C12H11ClN2O. The fourth-order valence-corrected chi connectivity index (χ4v) is 1.49. The van der Waals surface area contributed by atoms with E-state index in [1.165, 1.54) is 0 Å². The Hall–Kier alpha value is -1.87. The van der Waals surface area contributed by atoms with Crippen LogP contribution in [0, 0.1) is 0 Å². The zero-order valence-electron chi connectivity index (χ0n) is 8.48. The van der Waals surface area contributed by atoms with Crippen molar-refractivity contribution in [1.82, 2.24) is 0 Å². The van der Waals surface area contributed by atoms with Gasteiger partial charge in [-0.1, -0.05) is 29.8 Å². The Morgan fingerprint density at radius 2 is 1.62 bits per heavy atom. The molecule has 4 heteroatoms. The Kier molecular flexibility index (Phi) is 2.88. The van der Waals surface area contributed by atoms with Gasteiger partial charge in [-0.05, 0) is 24.3 Å². The van der Waals surface area contributed by atoms with E-state index in [2.05, 4.69) is 0 Å². The quantitative estimate of drug-likeness (QED) is 0.784. The number of nitrogens with two attached hydrogens (primary N) is 2. The van der Waals surface area contributed by atoms with Crippen LogP contribution in [0.15, 0.2) is 42.5 Å². The minimum Gasteiger partial charge on any atom is -0.456 e. The second kappa shape index (κ2) is 4.33. The summed E-state index contributed by atoms with van der Waals surface area (Å²) in [6, 6.07) is 12.7. The fraction of sp³-hybridized carbons (Fsp3) is 0. The zero-order chi connectivity index (χ0) is 11.5. The number of ether oxygens (including phenoxy) is 1. The molecule has 0 bridgehead atoms. The van der Waals surface area contributed by atoms with Gasteiger partial charge in [-0.2, -0.15) is 0 Å². The first kappa shape index (κ1) is 10.6. The lowest BCUT2D eigenvalue weighted by Gasteiger charge is -2.10. The van der Waals surface area contributed by atoms with Crippen molar-refractivity contribution >= 4 is 23.0 Å². The van der Waals surface area contributed by atoms with Gasteiger partial charge in [-0.15, -0.1) is 0 Å². The van der Waals surface area contributed by atoms with Crippen LogP contribution in [0.4, 0.5) is 11.4 Å². The van der Waals surface area contributed by atoms with Gasteiger partial charge in [0.05, 0.1) is 11.4 Å². The van der Waals surface area contributed by atoms with E-state index in [9.17, 15) is 0 Å². The molecule has 3 nitrogen and oxygen atoms in total. The third kappa shape index (κ3) is 2.04. The number of benzene rings is 2. The summed E-state index contributed by atoms with van der Waals surface area (Å²) in [5, 5.41) is 0.337. The van der Waals surface area contributed by atoms with Crippen LogP contribution in [-0.2, 0) is 0 Å². The highest BCUT2D eigenvalue weighted by molar-refractivity contribution is 6.35. The maximum atomic E-state index is 6.02. The van der Waals surface area contributed by atoms with Gasteiger partial charge in [-0.3, -0.25) is 0 Å². The predicted octanol–water partition coefficient (Wildman–Crippen LogP) is 3.30. The molecule has 0 aromatic heterocycles. The van der Waals surface area contributed by atoms with E-state index < -0.39 is 0 Å². The summed E-state index contributed by atoms with van der Waals surface area (Å²) in [7, 11) is 0. The Labute approximate surface area is 98.6 Å². The molecule has 0 aliphatic carbocycles. The van der Waals surface area contributed by atoms with Crippen molar-refractivity contribution in [3.63, 3.8) is 0 Å². The number of hydrogen-bond donors (Lipinski definition) is 2. The first-order valence-electron chi connectivity index (χ1n) is 4.75. The van der Waals surface area contributed by atoms with E-state index in [1.807, 2.05) is 30.3 Å². The molecule has 0 spiro atoms. The monoisotopic (exact) mass is 234 g/mol. The molecule has 0 saturated heterocycles. The zero-order valence-corrected chi connectivity index (χ0v) is 9.24. The molecule has 0 atom stereocenters. The second-order valence-electron chi connectivity index (χ2n) is 3.30. The molecule has 0 heterocycles. The molecule has 0 aliphatic heterocycles. The summed E-state index contributed by atoms with van der Waals surface area (Å²) in [6.45, 7) is 0. The third-order valence-corrected chi connectivity index (χ3v) is 2.54. The summed E-state index contributed by atoms with van der Waals surface area (Å²) >= 11 is 6.02. The summed E-state index contributed by atoms with van der Waals surface area (Å²) in [5.74, 6) is 1.20. The van der Waals surface area contributed by atoms with Crippen LogP contribution < -0.4 is 16.2 Å². The van der Waals surface area contributed by atoms with E-state index >= 15 is 0 Å². The smallest absolute Gasteiger partial charge is 0.148 e. The Morgan fingerprint density at radius 3 is 2.31 bits per heavy atom. The van der Waals surface area contributed by atoms with Gasteiger partial charge in [-0.25, -0.2) is 0 Å². The van der Waals surface area contributed by atoms with Crippen molar-refractivity contribution < 1.29 is 4.74 Å². The normalized spacial score (nSPS) is 10.1. The van der Waals surface area contributed by atoms with Crippen LogP contribution in [0.5, 0.6) is 11.5 Å². The van der Waals surface area contributed by atoms with Crippen LogP contribution in [0.2, 0.25) is 5.02 Å². The van der Waals surface area contributed by atoms with Gasteiger partial charge in [0.1, 0.15) is 16.5 Å². The van der Waals surface area contributed by atoms with Crippen LogP contribution in [0.3, 0.4) is 0 Å². The molecule has 4 N–H and O–H groups in total. The summed E-state index contributed by atoms with van der Waals surface area (Å²) in [4.78, 5) is 0. The number of para-hydroxylation sites is 1. The van der Waals surface area contributed by atoms with Gasteiger partial charge in [0.2, 0.25) is 0 Å². The lowest BCUT2D eigenvalue weighted by Crippen LogP contribution is -1.96. The number of halogens is 1. The second-order valence-corrected chi connectivity index (χ2v) is 3.67. The maximum Gasteiger partial charge on any atom is 0.148 e. The van der Waals surface area contributed by atoms with Crippen molar-refractivity contribution in [1.29, 1.82) is 0 Å². The largest absolute Gasteiger partial charge is 0.456 e. The number of anilines is 2. The van der Waals surface area contributed by atoms with Crippen molar-refractivity contribution in [2.45, 2.75) is 0 Å². The van der Waals surface area contributed by atoms with E-state index in [0.29, 0.717) is 27.9 Å². The molecule has 0 amide bonds. The van der Waals surface area contributed by atoms with Gasteiger partial charge >= 0.3 is 0 Å². The van der Waals surface area contributed by atoms with E-state index in [1.54, 1.807) is 12.1 Å². The van der Waals surface area contributed by atoms with Crippen molar-refractivity contribution in [2.24, 2.45) is 0 Å². The highest BCUT2D eigenvalue weighted by Gasteiger charge is 2.08. The summed E-state index contributed by atoms with van der Waals surface area (Å²) < 4.78 is 5.58. The van der Waals surface area contributed by atoms with Gasteiger partial charge < -0.3 is 16.2 Å². The first-order valence-corrected chi connectivity index (χ1v) is 5.12. The highest BCUT2D eigenvalue weighted by Crippen LogP contribution is 2.36. The molecule has 82 valence electrons. The van der Waals surface area contributed by atoms with Crippen LogP contribution >= 0.6 is 11.6 Å². The SMILES string of the molecule is Nc1ccc(Oc2ccccc2)c(Cl)c1N. The molecule has 16 heavy (non-hydrogen) atoms. The molecule has 2 aromatic rings. The average Bonchev–Trinajstić information content (AvgIpc) is 2.31. The average molecular weight is 235 g/mol. The first-order chi connectivity index (χ1) is 7.68. The van der Waals surface area contributed by atoms with Gasteiger partial charge in [0, 0.05) is 0 Å². The lowest BCUT2D eigenvalue weighted by atomic mass is 10.2. The maximum absolute atomic E-state index is 6.02. The molecule has 2 aromatic carbocycles. The molecule has 0 saturated carbocycles. The van der Waals surface area contributed by atoms with Gasteiger partial charge in [0.25, 0.3) is 0 Å². The molecule has 0 unspecified atom stereocenters. The fourth-order valence-electron chi connectivity index (χ4n) is 1.28. The standard InChI is InChI=1S/C12H11ClN2O/c13-11-10(7-6-9(14)12(11)15)16-8-4-2-1-3-5-8/h1-7H,14-15H2. The third-order valence-electron chi connectivity index (χ3n) is 2.15. The molecule has 2 rings (SSSR count). The summed E-state index contributed by atoms with van der Waals surface area (Å²) in [5.41, 5.74) is 12.1. The molecule has 0 fully saturated rings. The van der Waals surface area contributed by atoms with Crippen LogP contribution in [-0.4, -0.2) is 0 Å². The number of rotatable bonds is 2. The Morgan fingerprint density at radius 1 is 0.938 bits per heavy atom. The number of nitrogen functional groups attached to an aromatic ring is 2. The lowest BCUT2D eigenvalue weighted by molar-refractivity contribution is 0.483. The topological polar surface area (TPSA) is 61.3 Å². The number of hydrogen-bond acceptors (Lipinski definition) is 3. The Balaban J connectivity index is 2.33. The van der Waals surface area contributed by atoms with Crippen molar-refractivity contribution in [3.05, 3.63) is 47.5 Å². The van der Waals surface area contributed by atoms with E-state index in [-0.39, 0.29) is 0 Å². The van der Waals surface area contributed by atoms with Crippen LogP contribution in [0.25, 0.3) is 0 Å². The van der Waals surface area contributed by atoms with E-state index in [0.717, 1.165) is 0 Å².